The minimum atomic E-state index is 0.165. The molecule has 0 saturated heterocycles. The van der Waals surface area contributed by atoms with Crippen molar-refractivity contribution >= 4 is 33.5 Å². The van der Waals surface area contributed by atoms with E-state index in [-0.39, 0.29) is 6.61 Å². The highest BCUT2D eigenvalue weighted by molar-refractivity contribution is 14.1. The van der Waals surface area contributed by atoms with Crippen molar-refractivity contribution < 1.29 is 5.11 Å². The van der Waals surface area contributed by atoms with E-state index in [0.29, 0.717) is 12.1 Å². The maximum absolute atomic E-state index is 9.80. The van der Waals surface area contributed by atoms with E-state index in [1.807, 2.05) is 0 Å². The van der Waals surface area contributed by atoms with Crippen LogP contribution in [0.3, 0.4) is 0 Å². The first kappa shape index (κ1) is 15.4. The Morgan fingerprint density at radius 1 is 1.39 bits per heavy atom. The van der Waals surface area contributed by atoms with E-state index in [1.54, 1.807) is 0 Å². The second-order valence-electron chi connectivity index (χ2n) is 6.38. The number of hydrogen-bond acceptors (Lipinski definition) is 2. The fraction of sp³-hybridized carbons (Fsp3) is 0.368. The normalized spacial score (nSPS) is 24.7. The fourth-order valence-corrected chi connectivity index (χ4v) is 4.47. The van der Waals surface area contributed by atoms with Crippen LogP contribution in [0, 0.1) is 0 Å². The van der Waals surface area contributed by atoms with Gasteiger partial charge >= 0.3 is 0 Å². The molecule has 2 aromatic rings. The number of para-hydroxylation sites is 1. The number of aromatic nitrogens is 1. The van der Waals surface area contributed by atoms with E-state index in [1.165, 1.54) is 31.3 Å². The van der Waals surface area contributed by atoms with Crippen LogP contribution in [0.2, 0.25) is 0 Å². The average molecular weight is 420 g/mol. The fourth-order valence-electron chi connectivity index (χ4n) is 4.07. The quantitative estimate of drug-likeness (QED) is 0.580. The molecule has 3 heterocycles. The lowest BCUT2D eigenvalue weighted by molar-refractivity contribution is 0.129. The summed E-state index contributed by atoms with van der Waals surface area (Å²) in [6, 6.07) is 9.29. The SMILES string of the molecule is C/C=C(\I)CN1[C@H]2Cc3c([nH]c4ccccc34)[C@@H]1CC=C2CO. The van der Waals surface area contributed by atoms with E-state index in [9.17, 15) is 5.11 Å². The molecule has 0 fully saturated rings. The predicted octanol–water partition coefficient (Wildman–Crippen LogP) is 4.10. The van der Waals surface area contributed by atoms with Crippen molar-refractivity contribution in [3.05, 3.63) is 56.8 Å². The number of fused-ring (bicyclic) bond motifs is 6. The average Bonchev–Trinajstić information content (AvgIpc) is 2.93. The Morgan fingerprint density at radius 3 is 3.00 bits per heavy atom. The molecule has 2 bridgehead atoms. The number of aromatic amines is 1. The summed E-state index contributed by atoms with van der Waals surface area (Å²) in [7, 11) is 0. The van der Waals surface area contributed by atoms with Crippen LogP contribution >= 0.6 is 22.6 Å². The highest BCUT2D eigenvalue weighted by Gasteiger charge is 2.40. The minimum absolute atomic E-state index is 0.165. The molecule has 0 aliphatic carbocycles. The Bertz CT molecular complexity index is 805. The molecule has 23 heavy (non-hydrogen) atoms. The summed E-state index contributed by atoms with van der Waals surface area (Å²) >= 11 is 2.43. The van der Waals surface area contributed by atoms with Gasteiger partial charge in [-0.05, 0) is 59.6 Å². The Hall–Kier alpha value is -1.11. The van der Waals surface area contributed by atoms with Crippen molar-refractivity contribution in [2.45, 2.75) is 31.8 Å². The van der Waals surface area contributed by atoms with Gasteiger partial charge in [-0.3, -0.25) is 4.90 Å². The van der Waals surface area contributed by atoms with E-state index >= 15 is 0 Å². The highest BCUT2D eigenvalue weighted by Crippen LogP contribution is 2.44. The molecule has 2 aliphatic rings. The van der Waals surface area contributed by atoms with Gasteiger partial charge in [0.1, 0.15) is 0 Å². The van der Waals surface area contributed by atoms with Crippen LogP contribution < -0.4 is 0 Å². The van der Waals surface area contributed by atoms with Crippen molar-refractivity contribution in [3.63, 3.8) is 0 Å². The topological polar surface area (TPSA) is 39.3 Å². The van der Waals surface area contributed by atoms with Gasteiger partial charge in [0.25, 0.3) is 0 Å². The molecule has 2 atom stereocenters. The summed E-state index contributed by atoms with van der Waals surface area (Å²) in [5.74, 6) is 0. The lowest BCUT2D eigenvalue weighted by Gasteiger charge is -2.45. The smallest absolute Gasteiger partial charge is 0.0657 e. The van der Waals surface area contributed by atoms with Crippen LogP contribution in [0.15, 0.2) is 45.6 Å². The molecule has 2 N–H and O–H groups in total. The molecule has 4 heteroatoms. The van der Waals surface area contributed by atoms with Crippen LogP contribution in [0.1, 0.15) is 30.6 Å². The van der Waals surface area contributed by atoms with Gasteiger partial charge in [-0.2, -0.15) is 0 Å². The molecule has 0 unspecified atom stereocenters. The van der Waals surface area contributed by atoms with E-state index in [2.05, 4.69) is 75.8 Å². The maximum atomic E-state index is 9.80. The molecule has 0 saturated carbocycles. The zero-order valence-electron chi connectivity index (χ0n) is 13.2. The number of H-pyrrole nitrogens is 1. The minimum Gasteiger partial charge on any atom is -0.392 e. The van der Waals surface area contributed by atoms with Crippen LogP contribution in [0.4, 0.5) is 0 Å². The number of nitrogens with zero attached hydrogens (tertiary/aromatic N) is 1. The van der Waals surface area contributed by atoms with Crippen LogP contribution in [0.5, 0.6) is 0 Å². The maximum Gasteiger partial charge on any atom is 0.0657 e. The van der Waals surface area contributed by atoms with Crippen molar-refractivity contribution in [1.29, 1.82) is 0 Å². The zero-order valence-corrected chi connectivity index (χ0v) is 15.4. The monoisotopic (exact) mass is 420 g/mol. The first-order valence-corrected chi connectivity index (χ1v) is 9.26. The number of allylic oxidation sites excluding steroid dienone is 1. The highest BCUT2D eigenvalue weighted by atomic mass is 127. The number of aliphatic hydroxyl groups is 1. The number of benzene rings is 1. The van der Waals surface area contributed by atoms with Crippen molar-refractivity contribution in [2.24, 2.45) is 0 Å². The van der Waals surface area contributed by atoms with E-state index in [4.69, 9.17) is 0 Å². The summed E-state index contributed by atoms with van der Waals surface area (Å²) in [5, 5.41) is 11.1. The number of aliphatic hydroxyl groups excluding tert-OH is 1. The van der Waals surface area contributed by atoms with Gasteiger partial charge in [0.05, 0.1) is 12.6 Å². The van der Waals surface area contributed by atoms with E-state index < -0.39 is 0 Å². The molecule has 4 rings (SSSR count). The third-order valence-electron chi connectivity index (χ3n) is 5.24. The first-order chi connectivity index (χ1) is 11.2. The number of halogens is 1. The summed E-state index contributed by atoms with van der Waals surface area (Å²) in [4.78, 5) is 6.23. The lowest BCUT2D eigenvalue weighted by atomic mass is 9.82. The van der Waals surface area contributed by atoms with Gasteiger partial charge in [0.2, 0.25) is 0 Å². The molecule has 0 radical (unpaired) electrons. The lowest BCUT2D eigenvalue weighted by Crippen LogP contribution is -2.48. The van der Waals surface area contributed by atoms with Gasteiger partial charge < -0.3 is 10.1 Å². The molecule has 0 amide bonds. The zero-order chi connectivity index (χ0) is 16.0. The second-order valence-corrected chi connectivity index (χ2v) is 7.76. The van der Waals surface area contributed by atoms with Crippen LogP contribution in [-0.4, -0.2) is 34.2 Å². The number of nitrogens with one attached hydrogen (secondary N) is 1. The van der Waals surface area contributed by atoms with Gasteiger partial charge in [-0.25, -0.2) is 0 Å². The molecule has 0 spiro atoms. The standard InChI is InChI=1S/C19H21IN2O/c1-2-13(20)10-22-17-8-7-12(11-23)18(22)9-15-14-5-3-4-6-16(14)21-19(15)17/h2-7,17-18,21,23H,8-11H2,1H3/b13-2-/t17-,18-/m0/s1. The summed E-state index contributed by atoms with van der Waals surface area (Å²) in [6.45, 7) is 3.22. The predicted molar refractivity (Wildman–Crippen MR) is 103 cm³/mol. The van der Waals surface area contributed by atoms with Gasteiger partial charge in [0, 0.05) is 32.8 Å². The van der Waals surface area contributed by atoms with Gasteiger partial charge in [-0.1, -0.05) is 30.4 Å². The van der Waals surface area contributed by atoms with Crippen LogP contribution in [-0.2, 0) is 6.42 Å². The molecule has 120 valence electrons. The Morgan fingerprint density at radius 2 is 2.22 bits per heavy atom. The Kier molecular flexibility index (Phi) is 4.07. The molecular formula is C19H21IN2O. The Balaban J connectivity index is 1.83. The summed E-state index contributed by atoms with van der Waals surface area (Å²) in [6.07, 6.45) is 6.39. The Labute approximate surface area is 150 Å². The third-order valence-corrected chi connectivity index (χ3v) is 6.20. The molecule has 1 aromatic heterocycles. The molecule has 3 nitrogen and oxygen atoms in total. The third kappa shape index (κ3) is 2.47. The van der Waals surface area contributed by atoms with Crippen molar-refractivity contribution in [3.8, 4) is 0 Å². The van der Waals surface area contributed by atoms with Gasteiger partial charge in [-0.15, -0.1) is 0 Å². The number of hydrogen-bond donors (Lipinski definition) is 2. The molecule has 1 aromatic carbocycles. The van der Waals surface area contributed by atoms with Crippen molar-refractivity contribution in [2.75, 3.05) is 13.2 Å². The molecular weight excluding hydrogens is 399 g/mol. The van der Waals surface area contributed by atoms with Crippen molar-refractivity contribution in [1.82, 2.24) is 9.88 Å². The first-order valence-electron chi connectivity index (χ1n) is 8.18. The van der Waals surface area contributed by atoms with E-state index in [0.717, 1.165) is 19.4 Å². The van der Waals surface area contributed by atoms with Gasteiger partial charge in [0.15, 0.2) is 0 Å². The number of rotatable bonds is 3. The van der Waals surface area contributed by atoms with Crippen LogP contribution in [0.25, 0.3) is 10.9 Å². The molecule has 2 aliphatic heterocycles. The largest absolute Gasteiger partial charge is 0.392 e. The summed E-state index contributed by atoms with van der Waals surface area (Å²) in [5.41, 5.74) is 5.23. The summed E-state index contributed by atoms with van der Waals surface area (Å²) < 4.78 is 1.36. The second kappa shape index (κ2) is 6.07.